The van der Waals surface area contributed by atoms with Crippen LogP contribution in [-0.4, -0.2) is 26.1 Å². The zero-order valence-corrected chi connectivity index (χ0v) is 18.0. The zero-order valence-electron chi connectivity index (χ0n) is 18.0. The number of hydrogen-bond donors (Lipinski definition) is 1. The number of hydrogen-bond acceptors (Lipinski definition) is 3. The maximum atomic E-state index is 10.4. The summed E-state index contributed by atoms with van der Waals surface area (Å²) in [6.07, 6.45) is 16.1. The largest absolute Gasteiger partial charge is 0.481 e. The smallest absolute Gasteiger partial charge is 0.303 e. The highest BCUT2D eigenvalue weighted by Crippen LogP contribution is 2.17. The normalized spacial score (nSPS) is 11.1. The van der Waals surface area contributed by atoms with Crippen molar-refractivity contribution in [3.63, 3.8) is 0 Å². The first-order chi connectivity index (χ1) is 14.2. The molecule has 0 unspecified atom stereocenters. The van der Waals surface area contributed by atoms with E-state index in [-0.39, 0.29) is 0 Å². The molecule has 1 aromatic carbocycles. The van der Waals surface area contributed by atoms with Gasteiger partial charge in [-0.25, -0.2) is 4.68 Å². The fourth-order valence-corrected chi connectivity index (χ4v) is 3.78. The van der Waals surface area contributed by atoms with Gasteiger partial charge in [0.2, 0.25) is 0 Å². The molecule has 0 aliphatic carbocycles. The van der Waals surface area contributed by atoms with Gasteiger partial charge in [0.05, 0.1) is 17.1 Å². The van der Waals surface area contributed by atoms with Crippen LogP contribution in [-0.2, 0) is 11.2 Å². The lowest BCUT2D eigenvalue weighted by atomic mass is 10.0. The Bertz CT molecular complexity index is 697. The van der Waals surface area contributed by atoms with Gasteiger partial charge < -0.3 is 5.11 Å². The van der Waals surface area contributed by atoms with E-state index in [1.54, 1.807) is 0 Å². The number of benzene rings is 1. The Kier molecular flexibility index (Phi) is 11.1. The molecule has 0 spiro atoms. The molecule has 0 bridgehead atoms. The third-order valence-corrected chi connectivity index (χ3v) is 5.51. The van der Waals surface area contributed by atoms with Crippen molar-refractivity contribution in [3.05, 3.63) is 41.7 Å². The number of nitrogens with zero attached hydrogens (tertiary/aromatic N) is 3. The Labute approximate surface area is 175 Å². The van der Waals surface area contributed by atoms with Crippen LogP contribution in [0.5, 0.6) is 0 Å². The molecule has 1 heterocycles. The monoisotopic (exact) mass is 399 g/mol. The predicted molar refractivity (Wildman–Crippen MR) is 117 cm³/mol. The third kappa shape index (κ3) is 9.25. The number of aromatic nitrogens is 3. The van der Waals surface area contributed by atoms with Crippen molar-refractivity contribution in [1.29, 1.82) is 0 Å². The second-order valence-electron chi connectivity index (χ2n) is 8.01. The lowest BCUT2D eigenvalue weighted by molar-refractivity contribution is -0.137. The molecule has 0 fully saturated rings. The summed E-state index contributed by atoms with van der Waals surface area (Å²) in [4.78, 5) is 10.4. The van der Waals surface area contributed by atoms with Crippen LogP contribution in [0, 0.1) is 6.92 Å². The topological polar surface area (TPSA) is 68.0 Å². The van der Waals surface area contributed by atoms with Crippen molar-refractivity contribution < 1.29 is 9.90 Å². The molecule has 0 saturated heterocycles. The lowest BCUT2D eigenvalue weighted by Gasteiger charge is -2.07. The van der Waals surface area contributed by atoms with Gasteiger partial charge >= 0.3 is 5.97 Å². The number of carboxylic acid groups (broad SMARTS) is 1. The van der Waals surface area contributed by atoms with Crippen LogP contribution in [0.4, 0.5) is 0 Å². The van der Waals surface area contributed by atoms with Crippen LogP contribution in [0.2, 0.25) is 0 Å². The third-order valence-electron chi connectivity index (χ3n) is 5.51. The predicted octanol–water partition coefficient (Wildman–Crippen LogP) is 6.27. The minimum Gasteiger partial charge on any atom is -0.481 e. The fourth-order valence-electron chi connectivity index (χ4n) is 3.78. The van der Waals surface area contributed by atoms with Crippen LogP contribution in [0.3, 0.4) is 0 Å². The number of unbranched alkanes of at least 4 members (excludes halogenated alkanes) is 11. The molecule has 2 aromatic rings. The van der Waals surface area contributed by atoms with Crippen LogP contribution < -0.4 is 0 Å². The molecule has 0 aliphatic heterocycles. The Hall–Kier alpha value is -2.17. The van der Waals surface area contributed by atoms with Crippen LogP contribution in [0.1, 0.15) is 94.9 Å². The first-order valence-corrected chi connectivity index (χ1v) is 11.4. The van der Waals surface area contributed by atoms with Gasteiger partial charge in [0.1, 0.15) is 0 Å². The standard InChI is InChI=1S/C24H37N3O2/c1-21-23(27(26-25-21)22-17-13-12-14-18-22)19-15-10-8-6-4-2-3-5-7-9-11-16-20-24(28)29/h12-14,17-18H,2-11,15-16,19-20H2,1H3,(H,28,29). The van der Waals surface area contributed by atoms with Gasteiger partial charge in [-0.1, -0.05) is 87.6 Å². The highest BCUT2D eigenvalue weighted by molar-refractivity contribution is 5.66. The number of carboxylic acids is 1. The minimum atomic E-state index is -0.668. The van der Waals surface area contributed by atoms with Crippen molar-refractivity contribution >= 4 is 5.97 Å². The summed E-state index contributed by atoms with van der Waals surface area (Å²) < 4.78 is 1.98. The van der Waals surface area contributed by atoms with E-state index in [2.05, 4.69) is 22.4 Å². The molecule has 5 heteroatoms. The Morgan fingerprint density at radius 2 is 1.34 bits per heavy atom. The minimum absolute atomic E-state index is 0.324. The summed E-state index contributed by atoms with van der Waals surface area (Å²) in [6.45, 7) is 2.05. The average Bonchev–Trinajstić information content (AvgIpc) is 3.09. The van der Waals surface area contributed by atoms with Crippen molar-refractivity contribution in [3.8, 4) is 5.69 Å². The molecule has 1 N–H and O–H groups in total. The maximum Gasteiger partial charge on any atom is 0.303 e. The average molecular weight is 400 g/mol. The second-order valence-corrected chi connectivity index (χ2v) is 8.01. The summed E-state index contributed by atoms with van der Waals surface area (Å²) in [5.41, 5.74) is 3.36. The Balaban J connectivity index is 1.47. The zero-order chi connectivity index (χ0) is 20.7. The summed E-state index contributed by atoms with van der Waals surface area (Å²) in [7, 11) is 0. The highest BCUT2D eigenvalue weighted by atomic mass is 16.4. The molecule has 0 atom stereocenters. The van der Waals surface area contributed by atoms with Gasteiger partial charge in [-0.3, -0.25) is 4.79 Å². The van der Waals surface area contributed by atoms with Gasteiger partial charge in [-0.15, -0.1) is 5.10 Å². The molecule has 2 rings (SSSR count). The molecule has 0 saturated carbocycles. The maximum absolute atomic E-state index is 10.4. The van der Waals surface area contributed by atoms with Gasteiger partial charge in [0.25, 0.3) is 0 Å². The van der Waals surface area contributed by atoms with Crippen LogP contribution >= 0.6 is 0 Å². The fraction of sp³-hybridized carbons (Fsp3) is 0.625. The summed E-state index contributed by atoms with van der Waals surface area (Å²) >= 11 is 0. The Morgan fingerprint density at radius 1 is 0.828 bits per heavy atom. The van der Waals surface area contributed by atoms with E-state index in [0.717, 1.165) is 30.6 Å². The number of carbonyl (C=O) groups is 1. The molecule has 5 nitrogen and oxygen atoms in total. The summed E-state index contributed by atoms with van der Waals surface area (Å²) in [5.74, 6) is -0.668. The van der Waals surface area contributed by atoms with Crippen molar-refractivity contribution in [2.75, 3.05) is 0 Å². The van der Waals surface area contributed by atoms with E-state index in [9.17, 15) is 4.79 Å². The van der Waals surface area contributed by atoms with E-state index < -0.39 is 5.97 Å². The van der Waals surface area contributed by atoms with Crippen LogP contribution in [0.15, 0.2) is 30.3 Å². The van der Waals surface area contributed by atoms with E-state index >= 15 is 0 Å². The van der Waals surface area contributed by atoms with Crippen molar-refractivity contribution in [2.45, 2.75) is 96.8 Å². The van der Waals surface area contributed by atoms with Crippen molar-refractivity contribution in [2.24, 2.45) is 0 Å². The molecular formula is C24H37N3O2. The lowest BCUT2D eigenvalue weighted by Crippen LogP contribution is -2.03. The molecule has 0 aliphatic rings. The molecule has 0 radical (unpaired) electrons. The van der Waals surface area contributed by atoms with Gasteiger partial charge in [-0.05, 0) is 38.3 Å². The van der Waals surface area contributed by atoms with E-state index in [4.69, 9.17) is 5.11 Å². The molecule has 160 valence electrons. The van der Waals surface area contributed by atoms with Gasteiger partial charge in [0, 0.05) is 6.42 Å². The van der Waals surface area contributed by atoms with Gasteiger partial charge in [-0.2, -0.15) is 0 Å². The van der Waals surface area contributed by atoms with E-state index in [0.29, 0.717) is 6.42 Å². The van der Waals surface area contributed by atoms with E-state index in [1.165, 1.54) is 69.9 Å². The van der Waals surface area contributed by atoms with Gasteiger partial charge in [0.15, 0.2) is 0 Å². The molecule has 1 aromatic heterocycles. The second kappa shape index (κ2) is 13.9. The summed E-state index contributed by atoms with van der Waals surface area (Å²) in [6, 6.07) is 10.3. The molecule has 29 heavy (non-hydrogen) atoms. The number of aliphatic carboxylic acids is 1. The number of para-hydroxylation sites is 1. The highest BCUT2D eigenvalue weighted by Gasteiger charge is 2.10. The first kappa shape index (κ1) is 23.1. The quantitative estimate of drug-likeness (QED) is 0.338. The molecular weight excluding hydrogens is 362 g/mol. The Morgan fingerprint density at radius 3 is 1.90 bits per heavy atom. The summed E-state index contributed by atoms with van der Waals surface area (Å²) in [5, 5.41) is 17.2. The first-order valence-electron chi connectivity index (χ1n) is 11.4. The SMILES string of the molecule is Cc1nnn(-c2ccccc2)c1CCCCCCCCCCCCCCC(=O)O. The molecule has 0 amide bonds. The van der Waals surface area contributed by atoms with E-state index in [1.807, 2.05) is 29.8 Å². The van der Waals surface area contributed by atoms with Crippen LogP contribution in [0.25, 0.3) is 5.69 Å². The number of aryl methyl sites for hydroxylation is 1. The number of rotatable bonds is 16. The van der Waals surface area contributed by atoms with Crippen molar-refractivity contribution in [1.82, 2.24) is 15.0 Å².